The number of nitrogens with one attached hydrogen (secondary N) is 1. The molecule has 0 aliphatic carbocycles. The topological polar surface area (TPSA) is 88.9 Å². The quantitative estimate of drug-likeness (QED) is 0.896. The van der Waals surface area contributed by atoms with Gasteiger partial charge >= 0.3 is 0 Å². The number of carbonyl (C=O) groups is 1. The number of nitrogens with zero attached hydrogens (tertiary/aromatic N) is 5. The summed E-state index contributed by atoms with van der Waals surface area (Å²) in [6, 6.07) is 0.158. The van der Waals surface area contributed by atoms with E-state index in [0.717, 1.165) is 37.7 Å². The largest absolute Gasteiger partial charge is 0.381 e. The molecule has 1 saturated heterocycles. The summed E-state index contributed by atoms with van der Waals surface area (Å²) in [5, 5.41) is 8.77. The number of amides is 1. The lowest BCUT2D eigenvalue weighted by Gasteiger charge is -2.33. The number of fused-ring (bicyclic) bond motifs is 1. The van der Waals surface area contributed by atoms with Crippen LogP contribution in [0.5, 0.6) is 0 Å². The van der Waals surface area contributed by atoms with Crippen LogP contribution in [0, 0.1) is 0 Å². The standard InChI is InChI=1S/C15H20N6O2/c1-10-8-20(15(22)13-16-4-5-17-13)9-12-18-19-14(21(10)12)11-2-6-23-7-3-11/h4-5,10-11H,2-3,6-9H2,1H3,(H,16,17)/t10-/m0/s1. The Morgan fingerprint density at radius 2 is 2.17 bits per heavy atom. The lowest BCUT2D eigenvalue weighted by Crippen LogP contribution is -2.41. The number of aromatic amines is 1. The van der Waals surface area contributed by atoms with Crippen LogP contribution in [0.15, 0.2) is 12.4 Å². The second-order valence-electron chi connectivity index (χ2n) is 6.20. The van der Waals surface area contributed by atoms with Crippen LogP contribution in [0.25, 0.3) is 0 Å². The van der Waals surface area contributed by atoms with Crippen LogP contribution in [0.2, 0.25) is 0 Å². The Balaban J connectivity index is 1.58. The molecule has 0 aromatic carbocycles. The predicted octanol–water partition coefficient (Wildman–Crippen LogP) is 1.11. The molecule has 2 aromatic rings. The van der Waals surface area contributed by atoms with Gasteiger partial charge in [0.1, 0.15) is 5.82 Å². The minimum Gasteiger partial charge on any atom is -0.381 e. The van der Waals surface area contributed by atoms with Gasteiger partial charge in [-0.25, -0.2) is 4.98 Å². The van der Waals surface area contributed by atoms with Gasteiger partial charge in [-0.15, -0.1) is 10.2 Å². The molecule has 23 heavy (non-hydrogen) atoms. The molecule has 0 radical (unpaired) electrons. The van der Waals surface area contributed by atoms with Crippen LogP contribution in [-0.2, 0) is 11.3 Å². The minimum absolute atomic E-state index is 0.0938. The third kappa shape index (κ3) is 2.52. The van der Waals surface area contributed by atoms with Crippen LogP contribution >= 0.6 is 0 Å². The number of aromatic nitrogens is 5. The Morgan fingerprint density at radius 3 is 2.91 bits per heavy atom. The van der Waals surface area contributed by atoms with Crippen molar-refractivity contribution in [3.8, 4) is 0 Å². The van der Waals surface area contributed by atoms with Gasteiger partial charge in [0.15, 0.2) is 11.6 Å². The first-order valence-electron chi connectivity index (χ1n) is 8.04. The van der Waals surface area contributed by atoms with Crippen LogP contribution in [0.1, 0.15) is 54.0 Å². The van der Waals surface area contributed by atoms with Crippen molar-refractivity contribution in [1.82, 2.24) is 29.6 Å². The molecule has 122 valence electrons. The smallest absolute Gasteiger partial charge is 0.290 e. The second kappa shape index (κ2) is 5.77. The average Bonchev–Trinajstić information content (AvgIpc) is 3.24. The summed E-state index contributed by atoms with van der Waals surface area (Å²) < 4.78 is 7.65. The summed E-state index contributed by atoms with van der Waals surface area (Å²) in [4.78, 5) is 21.2. The highest BCUT2D eigenvalue weighted by molar-refractivity contribution is 5.90. The molecule has 0 spiro atoms. The third-order valence-electron chi connectivity index (χ3n) is 4.62. The van der Waals surface area contributed by atoms with E-state index >= 15 is 0 Å². The number of ether oxygens (including phenoxy) is 1. The van der Waals surface area contributed by atoms with Crippen molar-refractivity contribution in [2.45, 2.75) is 38.3 Å². The van der Waals surface area contributed by atoms with Gasteiger partial charge in [0.25, 0.3) is 5.91 Å². The van der Waals surface area contributed by atoms with Gasteiger partial charge in [-0.2, -0.15) is 0 Å². The molecule has 2 aliphatic heterocycles. The van der Waals surface area contributed by atoms with Gasteiger partial charge in [-0.3, -0.25) is 4.79 Å². The van der Waals surface area contributed by atoms with E-state index in [2.05, 4.69) is 31.7 Å². The maximum atomic E-state index is 12.5. The number of hydrogen-bond acceptors (Lipinski definition) is 5. The SMILES string of the molecule is C[C@H]1CN(C(=O)c2ncc[nH]2)Cc2nnc(C3CCOCC3)n21. The van der Waals surface area contributed by atoms with Crippen molar-refractivity contribution in [1.29, 1.82) is 0 Å². The molecule has 1 fully saturated rings. The monoisotopic (exact) mass is 316 g/mol. The fourth-order valence-electron chi connectivity index (χ4n) is 3.48. The Bertz CT molecular complexity index is 689. The van der Waals surface area contributed by atoms with Crippen molar-refractivity contribution < 1.29 is 9.53 Å². The van der Waals surface area contributed by atoms with Gasteiger partial charge in [0.2, 0.25) is 0 Å². The molecule has 0 saturated carbocycles. The Kier molecular flexibility index (Phi) is 3.60. The van der Waals surface area contributed by atoms with Crippen LogP contribution in [0.3, 0.4) is 0 Å². The summed E-state index contributed by atoms with van der Waals surface area (Å²) in [6.07, 6.45) is 5.22. The zero-order valence-corrected chi connectivity index (χ0v) is 13.1. The van der Waals surface area contributed by atoms with Crippen LogP contribution < -0.4 is 0 Å². The summed E-state index contributed by atoms with van der Waals surface area (Å²) in [7, 11) is 0. The number of H-pyrrole nitrogens is 1. The summed E-state index contributed by atoms with van der Waals surface area (Å²) >= 11 is 0. The van der Waals surface area contributed by atoms with E-state index in [1.54, 1.807) is 17.3 Å². The van der Waals surface area contributed by atoms with Crippen molar-refractivity contribution in [2.24, 2.45) is 0 Å². The fourth-order valence-corrected chi connectivity index (χ4v) is 3.48. The molecule has 1 N–H and O–H groups in total. The van der Waals surface area contributed by atoms with E-state index in [9.17, 15) is 4.79 Å². The molecule has 8 heteroatoms. The van der Waals surface area contributed by atoms with Gasteiger partial charge in [0, 0.05) is 38.1 Å². The molecule has 2 aliphatic rings. The number of imidazole rings is 1. The van der Waals surface area contributed by atoms with Crippen molar-refractivity contribution in [3.05, 3.63) is 29.9 Å². The summed E-state index contributed by atoms with van der Waals surface area (Å²) in [6.45, 7) is 4.78. The molecule has 1 amide bonds. The highest BCUT2D eigenvalue weighted by Gasteiger charge is 2.33. The first-order valence-corrected chi connectivity index (χ1v) is 8.04. The van der Waals surface area contributed by atoms with E-state index in [1.165, 1.54) is 0 Å². The molecular weight excluding hydrogens is 296 g/mol. The molecule has 8 nitrogen and oxygen atoms in total. The molecular formula is C15H20N6O2. The lowest BCUT2D eigenvalue weighted by molar-refractivity contribution is 0.0658. The van der Waals surface area contributed by atoms with Gasteiger partial charge in [-0.1, -0.05) is 0 Å². The number of rotatable bonds is 2. The van der Waals surface area contributed by atoms with Gasteiger partial charge in [-0.05, 0) is 19.8 Å². The lowest BCUT2D eigenvalue weighted by atomic mass is 9.99. The molecule has 4 heterocycles. The van der Waals surface area contributed by atoms with Crippen LogP contribution in [-0.4, -0.2) is 55.3 Å². The zero-order chi connectivity index (χ0) is 15.8. The Hall–Kier alpha value is -2.22. The molecule has 2 aromatic heterocycles. The normalized spacial score (nSPS) is 22.1. The van der Waals surface area contributed by atoms with Crippen molar-refractivity contribution in [3.63, 3.8) is 0 Å². The van der Waals surface area contributed by atoms with Gasteiger partial charge < -0.3 is 19.2 Å². The maximum absolute atomic E-state index is 12.5. The zero-order valence-electron chi connectivity index (χ0n) is 13.1. The summed E-state index contributed by atoms with van der Waals surface area (Å²) in [5.74, 6) is 2.57. The van der Waals surface area contributed by atoms with E-state index in [1.807, 2.05) is 0 Å². The van der Waals surface area contributed by atoms with E-state index in [0.29, 0.717) is 24.8 Å². The Labute approximate surface area is 133 Å². The third-order valence-corrected chi connectivity index (χ3v) is 4.62. The summed E-state index contributed by atoms with van der Waals surface area (Å²) in [5.41, 5.74) is 0. The highest BCUT2D eigenvalue weighted by atomic mass is 16.5. The molecule has 1 atom stereocenters. The highest BCUT2D eigenvalue weighted by Crippen LogP contribution is 2.31. The first kappa shape index (κ1) is 14.4. The van der Waals surface area contributed by atoms with Crippen molar-refractivity contribution in [2.75, 3.05) is 19.8 Å². The fraction of sp³-hybridized carbons (Fsp3) is 0.600. The van der Waals surface area contributed by atoms with Crippen molar-refractivity contribution >= 4 is 5.91 Å². The second-order valence-corrected chi connectivity index (χ2v) is 6.20. The maximum Gasteiger partial charge on any atom is 0.290 e. The van der Waals surface area contributed by atoms with E-state index < -0.39 is 0 Å². The molecule has 4 rings (SSSR count). The van der Waals surface area contributed by atoms with E-state index in [4.69, 9.17) is 4.74 Å². The Morgan fingerprint density at radius 1 is 1.35 bits per heavy atom. The predicted molar refractivity (Wildman–Crippen MR) is 80.9 cm³/mol. The first-order chi connectivity index (χ1) is 11.2. The molecule has 0 unspecified atom stereocenters. The van der Waals surface area contributed by atoms with Crippen LogP contribution in [0.4, 0.5) is 0 Å². The number of carbonyl (C=O) groups excluding carboxylic acids is 1. The van der Waals surface area contributed by atoms with E-state index in [-0.39, 0.29) is 11.9 Å². The molecule has 0 bridgehead atoms. The minimum atomic E-state index is -0.0938. The van der Waals surface area contributed by atoms with Gasteiger partial charge in [0.05, 0.1) is 12.6 Å². The number of hydrogen-bond donors (Lipinski definition) is 1. The average molecular weight is 316 g/mol.